The van der Waals surface area contributed by atoms with Gasteiger partial charge in [0.2, 0.25) is 0 Å². The van der Waals surface area contributed by atoms with Crippen LogP contribution in [0.25, 0.3) is 0 Å². The lowest BCUT2D eigenvalue weighted by molar-refractivity contribution is 0.677. The van der Waals surface area contributed by atoms with Gasteiger partial charge in [-0.25, -0.2) is 0 Å². The molecule has 0 heterocycles. The summed E-state index contributed by atoms with van der Waals surface area (Å²) >= 11 is 0. The molecule has 72 valence electrons. The molecule has 1 fully saturated rings. The first kappa shape index (κ1) is 9.27. The summed E-state index contributed by atoms with van der Waals surface area (Å²) in [7, 11) is 0. The maximum atomic E-state index is 8.65. The van der Waals surface area contributed by atoms with E-state index in [9.17, 15) is 0 Å². The Balaban J connectivity index is 1.95. The van der Waals surface area contributed by atoms with Crippen molar-refractivity contribution in [1.29, 1.82) is 5.26 Å². The number of nitrogens with zero attached hydrogens (tertiary/aromatic N) is 1. The van der Waals surface area contributed by atoms with Gasteiger partial charge in [0, 0.05) is 0 Å². The summed E-state index contributed by atoms with van der Waals surface area (Å²) in [6, 6.07) is 10.1. The van der Waals surface area contributed by atoms with Crippen molar-refractivity contribution in [1.82, 2.24) is 0 Å². The Labute approximate surface area is 85.4 Å². The monoisotopic (exact) mass is 185 g/mol. The van der Waals surface area contributed by atoms with Crippen molar-refractivity contribution in [2.75, 3.05) is 0 Å². The number of rotatable bonds is 3. The fraction of sp³-hybridized carbons (Fsp3) is 0.462. The van der Waals surface area contributed by atoms with Gasteiger partial charge >= 0.3 is 0 Å². The fourth-order valence-electron chi connectivity index (χ4n) is 2.08. The van der Waals surface area contributed by atoms with Crippen LogP contribution in [0.1, 0.15) is 30.9 Å². The number of hydrogen-bond acceptors (Lipinski definition) is 1. The molecule has 2 atom stereocenters. The summed E-state index contributed by atoms with van der Waals surface area (Å²) in [6.45, 7) is 2.27. The molecule has 2 rings (SSSR count). The first-order chi connectivity index (χ1) is 6.83. The zero-order valence-electron chi connectivity index (χ0n) is 8.53. The van der Waals surface area contributed by atoms with Crippen molar-refractivity contribution in [3.8, 4) is 6.07 Å². The molecule has 0 radical (unpaired) electrons. The highest BCUT2D eigenvalue weighted by atomic mass is 14.4. The summed E-state index contributed by atoms with van der Waals surface area (Å²) in [6.07, 6.45) is 3.92. The Morgan fingerprint density at radius 3 is 2.50 bits per heavy atom. The van der Waals surface area contributed by atoms with Crippen molar-refractivity contribution in [3.63, 3.8) is 0 Å². The largest absolute Gasteiger partial charge is 0.192 e. The van der Waals surface area contributed by atoms with E-state index in [-0.39, 0.29) is 0 Å². The van der Waals surface area contributed by atoms with Crippen molar-refractivity contribution in [2.24, 2.45) is 11.8 Å². The van der Waals surface area contributed by atoms with Crippen LogP contribution < -0.4 is 0 Å². The zero-order valence-corrected chi connectivity index (χ0v) is 8.53. The van der Waals surface area contributed by atoms with Gasteiger partial charge in [-0.15, -0.1) is 0 Å². The van der Waals surface area contributed by atoms with Gasteiger partial charge in [0.1, 0.15) is 0 Å². The summed E-state index contributed by atoms with van der Waals surface area (Å²) in [5.41, 5.74) is 2.14. The molecular weight excluding hydrogens is 170 g/mol. The van der Waals surface area contributed by atoms with Crippen LogP contribution in [-0.4, -0.2) is 0 Å². The smallest absolute Gasteiger partial charge is 0.0991 e. The lowest BCUT2D eigenvalue weighted by atomic mass is 10.1. The van der Waals surface area contributed by atoms with E-state index in [0.29, 0.717) is 0 Å². The minimum absolute atomic E-state index is 0.761. The van der Waals surface area contributed by atoms with Crippen LogP contribution in [0.4, 0.5) is 0 Å². The highest BCUT2D eigenvalue weighted by Gasteiger charge is 2.34. The molecule has 0 aliphatic heterocycles. The molecule has 0 amide bonds. The minimum Gasteiger partial charge on any atom is -0.192 e. The van der Waals surface area contributed by atoms with E-state index in [1.807, 2.05) is 12.1 Å². The second kappa shape index (κ2) is 3.84. The van der Waals surface area contributed by atoms with Gasteiger partial charge in [0.25, 0.3) is 0 Å². The summed E-state index contributed by atoms with van der Waals surface area (Å²) < 4.78 is 0. The van der Waals surface area contributed by atoms with Crippen LogP contribution in [0, 0.1) is 23.2 Å². The van der Waals surface area contributed by atoms with Crippen molar-refractivity contribution in [2.45, 2.75) is 26.2 Å². The number of hydrogen-bond donors (Lipinski definition) is 0. The van der Waals surface area contributed by atoms with Gasteiger partial charge in [-0.3, -0.25) is 0 Å². The molecule has 1 aliphatic carbocycles. The predicted molar refractivity (Wildman–Crippen MR) is 56.7 cm³/mol. The average Bonchev–Trinajstić information content (AvgIpc) is 2.98. The number of nitriles is 1. The van der Waals surface area contributed by atoms with E-state index in [4.69, 9.17) is 5.26 Å². The molecule has 0 unspecified atom stereocenters. The molecule has 0 N–H and O–H groups in total. The first-order valence-corrected chi connectivity index (χ1v) is 5.32. The van der Waals surface area contributed by atoms with Crippen LogP contribution >= 0.6 is 0 Å². The molecule has 0 saturated heterocycles. The summed E-state index contributed by atoms with van der Waals surface area (Å²) in [5.74, 6) is 1.87. The Bertz CT molecular complexity index is 344. The van der Waals surface area contributed by atoms with Gasteiger partial charge in [-0.2, -0.15) is 5.26 Å². The van der Waals surface area contributed by atoms with Gasteiger partial charge < -0.3 is 0 Å². The molecule has 0 bridgehead atoms. The molecule has 14 heavy (non-hydrogen) atoms. The molecule has 1 aromatic rings. The third-order valence-corrected chi connectivity index (χ3v) is 3.17. The summed E-state index contributed by atoms with van der Waals surface area (Å²) in [5, 5.41) is 8.65. The molecule has 1 aliphatic rings. The lowest BCUT2D eigenvalue weighted by Crippen LogP contribution is -1.89. The second-order valence-electron chi connectivity index (χ2n) is 4.18. The second-order valence-corrected chi connectivity index (χ2v) is 4.18. The van der Waals surface area contributed by atoms with Crippen molar-refractivity contribution >= 4 is 0 Å². The third-order valence-electron chi connectivity index (χ3n) is 3.17. The van der Waals surface area contributed by atoms with Crippen LogP contribution in [-0.2, 0) is 6.42 Å². The van der Waals surface area contributed by atoms with Crippen LogP contribution in [0.3, 0.4) is 0 Å². The first-order valence-electron chi connectivity index (χ1n) is 5.32. The molecule has 1 saturated carbocycles. The fourth-order valence-corrected chi connectivity index (χ4v) is 2.08. The van der Waals surface area contributed by atoms with E-state index in [2.05, 4.69) is 25.1 Å². The average molecular weight is 185 g/mol. The van der Waals surface area contributed by atoms with Gasteiger partial charge in [0.15, 0.2) is 0 Å². The van der Waals surface area contributed by atoms with Gasteiger partial charge in [-0.1, -0.05) is 25.5 Å². The molecule has 0 aromatic heterocycles. The van der Waals surface area contributed by atoms with Crippen molar-refractivity contribution < 1.29 is 0 Å². The zero-order chi connectivity index (χ0) is 9.97. The van der Waals surface area contributed by atoms with E-state index in [0.717, 1.165) is 17.4 Å². The van der Waals surface area contributed by atoms with E-state index >= 15 is 0 Å². The predicted octanol–water partition coefficient (Wildman–Crippen LogP) is 3.15. The van der Waals surface area contributed by atoms with E-state index in [1.54, 1.807) is 0 Å². The Morgan fingerprint density at radius 1 is 1.29 bits per heavy atom. The Hall–Kier alpha value is -1.29. The molecule has 1 nitrogen and oxygen atoms in total. The van der Waals surface area contributed by atoms with Crippen LogP contribution in [0.5, 0.6) is 0 Å². The van der Waals surface area contributed by atoms with E-state index in [1.165, 1.54) is 24.8 Å². The molecule has 1 heteroatoms. The molecule has 1 aromatic carbocycles. The highest BCUT2D eigenvalue weighted by molar-refractivity contribution is 5.32. The van der Waals surface area contributed by atoms with Gasteiger partial charge in [0.05, 0.1) is 11.6 Å². The van der Waals surface area contributed by atoms with Crippen molar-refractivity contribution in [3.05, 3.63) is 35.4 Å². The maximum absolute atomic E-state index is 8.65. The standard InChI is InChI=1S/C13H15N/c1-2-12-8-13(12)7-10-3-5-11(9-14)6-4-10/h3-6,12-13H,2,7-8H2,1H3/t12-,13-/m0/s1. The summed E-state index contributed by atoms with van der Waals surface area (Å²) in [4.78, 5) is 0. The normalized spacial score (nSPS) is 24.3. The SMILES string of the molecule is CC[C@H]1C[C@@H]1Cc1ccc(C#N)cc1. The third kappa shape index (κ3) is 1.96. The van der Waals surface area contributed by atoms with Gasteiger partial charge in [-0.05, 0) is 42.4 Å². The maximum Gasteiger partial charge on any atom is 0.0991 e. The lowest BCUT2D eigenvalue weighted by Gasteiger charge is -1.99. The van der Waals surface area contributed by atoms with Crippen LogP contribution in [0.15, 0.2) is 24.3 Å². The number of benzene rings is 1. The van der Waals surface area contributed by atoms with E-state index < -0.39 is 0 Å². The minimum atomic E-state index is 0.761. The Morgan fingerprint density at radius 2 is 2.00 bits per heavy atom. The Kier molecular flexibility index (Phi) is 2.54. The molecule has 0 spiro atoms. The molecular formula is C13H15N. The topological polar surface area (TPSA) is 23.8 Å². The highest BCUT2D eigenvalue weighted by Crippen LogP contribution is 2.43. The van der Waals surface area contributed by atoms with Crippen LogP contribution in [0.2, 0.25) is 0 Å². The quantitative estimate of drug-likeness (QED) is 0.709.